The predicted molar refractivity (Wildman–Crippen MR) is 109 cm³/mol. The van der Waals surface area contributed by atoms with Gasteiger partial charge < -0.3 is 26.6 Å². The van der Waals surface area contributed by atoms with Gasteiger partial charge in [-0.3, -0.25) is 0 Å². The molecule has 0 amide bonds. The van der Waals surface area contributed by atoms with Gasteiger partial charge >= 0.3 is 5.97 Å². The van der Waals surface area contributed by atoms with Crippen LogP contribution in [0.3, 0.4) is 0 Å². The molecule has 0 bridgehead atoms. The van der Waals surface area contributed by atoms with Crippen molar-refractivity contribution in [2.75, 3.05) is 23.4 Å². The Bertz CT molecular complexity index is 1030. The molecule has 0 spiro atoms. The summed E-state index contributed by atoms with van der Waals surface area (Å²) in [7, 11) is 0. The maximum absolute atomic E-state index is 10.9. The molecule has 1 heterocycles. The van der Waals surface area contributed by atoms with E-state index in [0.29, 0.717) is 18.0 Å². The highest BCUT2D eigenvalue weighted by molar-refractivity contribution is 5.87. The van der Waals surface area contributed by atoms with Crippen LogP contribution in [-0.4, -0.2) is 27.7 Å². The summed E-state index contributed by atoms with van der Waals surface area (Å²) in [6.45, 7) is 2.48. The molecule has 148 valence electrons. The largest absolute Gasteiger partial charge is 0.494 e. The molecule has 10 nitrogen and oxygen atoms in total. The Morgan fingerprint density at radius 1 is 1.07 bits per heavy atom. The number of hydrogen-bond acceptors (Lipinski definition) is 9. The van der Waals surface area contributed by atoms with E-state index < -0.39 is 5.97 Å². The SMILES string of the molecule is CCOc1ccc(Nc2nc(N)nc(N)c2N=Nc2ccc(C(=O)O)cc2)cc1. The molecule has 3 rings (SSSR count). The van der Waals surface area contributed by atoms with E-state index in [1.54, 1.807) is 0 Å². The molecule has 10 heteroatoms. The summed E-state index contributed by atoms with van der Waals surface area (Å²) in [6.07, 6.45) is 0. The van der Waals surface area contributed by atoms with Crippen molar-refractivity contribution < 1.29 is 14.6 Å². The number of carboxylic acids is 1. The van der Waals surface area contributed by atoms with Gasteiger partial charge in [-0.25, -0.2) is 4.79 Å². The maximum atomic E-state index is 10.9. The van der Waals surface area contributed by atoms with E-state index in [1.807, 2.05) is 31.2 Å². The third-order valence-corrected chi connectivity index (χ3v) is 3.74. The molecule has 0 aliphatic heterocycles. The first kappa shape index (κ1) is 19.5. The molecule has 3 aromatic rings. The number of rotatable bonds is 7. The van der Waals surface area contributed by atoms with Crippen LogP contribution in [0.15, 0.2) is 58.8 Å². The molecule has 0 fully saturated rings. The van der Waals surface area contributed by atoms with Crippen LogP contribution in [0.4, 0.5) is 34.6 Å². The minimum atomic E-state index is -1.02. The monoisotopic (exact) mass is 393 g/mol. The number of anilines is 4. The molecule has 0 aliphatic carbocycles. The van der Waals surface area contributed by atoms with Crippen LogP contribution in [0.5, 0.6) is 5.75 Å². The fourth-order valence-corrected chi connectivity index (χ4v) is 2.39. The second-order valence-corrected chi connectivity index (χ2v) is 5.80. The first-order valence-electron chi connectivity index (χ1n) is 8.64. The Morgan fingerprint density at radius 3 is 2.38 bits per heavy atom. The fraction of sp³-hybridized carbons (Fsp3) is 0.105. The van der Waals surface area contributed by atoms with Gasteiger partial charge in [-0.05, 0) is 55.5 Å². The highest BCUT2D eigenvalue weighted by Crippen LogP contribution is 2.33. The molecule has 0 atom stereocenters. The Balaban J connectivity index is 1.87. The first-order chi connectivity index (χ1) is 14.0. The third-order valence-electron chi connectivity index (χ3n) is 3.74. The zero-order valence-corrected chi connectivity index (χ0v) is 15.5. The number of hydrogen-bond donors (Lipinski definition) is 4. The molecule has 1 aromatic heterocycles. The van der Waals surface area contributed by atoms with Gasteiger partial charge in [0.1, 0.15) is 5.75 Å². The quantitative estimate of drug-likeness (QED) is 0.439. The van der Waals surface area contributed by atoms with E-state index >= 15 is 0 Å². The molecular formula is C19H19N7O3. The Hall–Kier alpha value is -4.21. The predicted octanol–water partition coefficient (Wildman–Crippen LogP) is 3.90. The number of aromatic nitrogens is 2. The van der Waals surface area contributed by atoms with Gasteiger partial charge in [-0.2, -0.15) is 15.1 Å². The standard InChI is InChI=1S/C19H19N7O3/c1-2-29-14-9-7-12(8-10-14)22-17-15(16(20)23-19(21)24-17)26-25-13-5-3-11(4-6-13)18(27)28/h3-10H,2H2,1H3,(H,27,28)(H5,20,21,22,23,24). The van der Waals surface area contributed by atoms with Crippen LogP contribution in [0.25, 0.3) is 0 Å². The van der Waals surface area contributed by atoms with Gasteiger partial charge in [-0.1, -0.05) is 0 Å². The van der Waals surface area contributed by atoms with Crippen molar-refractivity contribution in [2.24, 2.45) is 10.2 Å². The summed E-state index contributed by atoms with van der Waals surface area (Å²) in [5, 5.41) is 20.2. The summed E-state index contributed by atoms with van der Waals surface area (Å²) >= 11 is 0. The summed E-state index contributed by atoms with van der Waals surface area (Å²) in [5.74, 6) is 0.0404. The minimum Gasteiger partial charge on any atom is -0.494 e. The van der Waals surface area contributed by atoms with Gasteiger partial charge in [0.2, 0.25) is 5.95 Å². The number of nitrogens with one attached hydrogen (secondary N) is 1. The summed E-state index contributed by atoms with van der Waals surface area (Å²) in [6, 6.07) is 13.2. The van der Waals surface area contributed by atoms with Crippen molar-refractivity contribution in [3.05, 3.63) is 54.1 Å². The van der Waals surface area contributed by atoms with Crippen LogP contribution < -0.4 is 21.5 Å². The molecule has 2 aromatic carbocycles. The van der Waals surface area contributed by atoms with E-state index in [2.05, 4.69) is 25.5 Å². The Morgan fingerprint density at radius 2 is 1.76 bits per heavy atom. The highest BCUT2D eigenvalue weighted by Gasteiger charge is 2.12. The van der Waals surface area contributed by atoms with Crippen molar-refractivity contribution >= 4 is 40.6 Å². The number of carboxylic acid groups (broad SMARTS) is 1. The van der Waals surface area contributed by atoms with E-state index in [4.69, 9.17) is 21.3 Å². The van der Waals surface area contributed by atoms with Gasteiger partial charge in [0.25, 0.3) is 0 Å². The van der Waals surface area contributed by atoms with Crippen LogP contribution in [0, 0.1) is 0 Å². The molecular weight excluding hydrogens is 374 g/mol. The second-order valence-electron chi connectivity index (χ2n) is 5.80. The number of aromatic carboxylic acids is 1. The molecule has 6 N–H and O–H groups in total. The van der Waals surface area contributed by atoms with Crippen molar-refractivity contribution in [3.63, 3.8) is 0 Å². The fourth-order valence-electron chi connectivity index (χ4n) is 2.39. The van der Waals surface area contributed by atoms with E-state index in [0.717, 1.165) is 5.75 Å². The number of carbonyl (C=O) groups is 1. The van der Waals surface area contributed by atoms with Crippen LogP contribution in [0.2, 0.25) is 0 Å². The van der Waals surface area contributed by atoms with Gasteiger partial charge in [0.15, 0.2) is 17.3 Å². The average molecular weight is 393 g/mol. The van der Waals surface area contributed by atoms with Crippen LogP contribution >= 0.6 is 0 Å². The smallest absolute Gasteiger partial charge is 0.335 e. The third kappa shape index (κ3) is 4.95. The van der Waals surface area contributed by atoms with Crippen molar-refractivity contribution in [3.8, 4) is 5.75 Å². The zero-order valence-electron chi connectivity index (χ0n) is 15.5. The lowest BCUT2D eigenvalue weighted by atomic mass is 10.2. The molecule has 0 radical (unpaired) electrons. The van der Waals surface area contributed by atoms with Gasteiger partial charge in [0.05, 0.1) is 17.9 Å². The number of nitrogen functional groups attached to an aromatic ring is 2. The first-order valence-corrected chi connectivity index (χ1v) is 8.64. The van der Waals surface area contributed by atoms with E-state index in [1.165, 1.54) is 24.3 Å². The number of nitrogens with two attached hydrogens (primary N) is 2. The lowest BCUT2D eigenvalue weighted by Crippen LogP contribution is -2.04. The maximum Gasteiger partial charge on any atom is 0.335 e. The lowest BCUT2D eigenvalue weighted by molar-refractivity contribution is 0.0697. The van der Waals surface area contributed by atoms with Crippen LogP contribution in [-0.2, 0) is 0 Å². The summed E-state index contributed by atoms with van der Waals surface area (Å²) in [4.78, 5) is 19.0. The van der Waals surface area contributed by atoms with Crippen molar-refractivity contribution in [1.29, 1.82) is 0 Å². The summed E-state index contributed by atoms with van der Waals surface area (Å²) < 4.78 is 5.42. The normalized spacial score (nSPS) is 10.8. The number of ether oxygens (including phenoxy) is 1. The van der Waals surface area contributed by atoms with E-state index in [-0.39, 0.29) is 28.8 Å². The van der Waals surface area contributed by atoms with Gasteiger partial charge in [0, 0.05) is 5.69 Å². The number of benzene rings is 2. The lowest BCUT2D eigenvalue weighted by Gasteiger charge is -2.11. The topological polar surface area (TPSA) is 161 Å². The number of azo groups is 1. The van der Waals surface area contributed by atoms with Crippen LogP contribution in [0.1, 0.15) is 17.3 Å². The van der Waals surface area contributed by atoms with Gasteiger partial charge in [-0.15, -0.1) is 5.11 Å². The second kappa shape index (κ2) is 8.65. The van der Waals surface area contributed by atoms with Crippen molar-refractivity contribution in [1.82, 2.24) is 9.97 Å². The molecule has 0 unspecified atom stereocenters. The molecule has 29 heavy (non-hydrogen) atoms. The Labute approximate surface area is 166 Å². The molecule has 0 saturated heterocycles. The number of nitrogens with zero attached hydrogens (tertiary/aromatic N) is 4. The zero-order chi connectivity index (χ0) is 20.8. The van der Waals surface area contributed by atoms with Crippen molar-refractivity contribution in [2.45, 2.75) is 6.92 Å². The Kier molecular flexibility index (Phi) is 5.83. The molecule has 0 saturated carbocycles. The highest BCUT2D eigenvalue weighted by atomic mass is 16.5. The summed E-state index contributed by atoms with van der Waals surface area (Å²) in [5.41, 5.74) is 13.2. The average Bonchev–Trinajstić information content (AvgIpc) is 2.69. The molecule has 0 aliphatic rings. The van der Waals surface area contributed by atoms with E-state index in [9.17, 15) is 4.79 Å². The minimum absolute atomic E-state index is 0.0132.